The molecular weight excluding hydrogens is 102 g/mol. The Bertz CT molecular complexity index is 70.9. The predicted octanol–water partition coefficient (Wildman–Crippen LogP) is 0.489. The van der Waals surface area contributed by atoms with Gasteiger partial charge in [-0.05, 0) is 19.9 Å². The Hall–Kier alpha value is -0.340. The summed E-state index contributed by atoms with van der Waals surface area (Å²) in [7, 11) is 0. The Morgan fingerprint density at radius 1 is 1.62 bits per heavy atom. The molecule has 0 aromatic carbocycles. The zero-order valence-electron chi connectivity index (χ0n) is 5.39. The molecule has 0 rings (SSSR count). The van der Waals surface area contributed by atoms with Gasteiger partial charge < -0.3 is 5.11 Å². The molecule has 0 spiro atoms. The van der Waals surface area contributed by atoms with Gasteiger partial charge in [0.05, 0.1) is 0 Å². The molecule has 0 aromatic rings. The second-order valence-corrected chi connectivity index (χ2v) is 2.00. The molecule has 0 saturated heterocycles. The van der Waals surface area contributed by atoms with Crippen molar-refractivity contribution in [2.75, 3.05) is 0 Å². The van der Waals surface area contributed by atoms with E-state index < -0.39 is 6.23 Å². The van der Waals surface area contributed by atoms with Gasteiger partial charge in [0.2, 0.25) is 0 Å². The van der Waals surface area contributed by atoms with Crippen LogP contribution in [0.25, 0.3) is 0 Å². The molecule has 0 aliphatic heterocycles. The molecule has 1 unspecified atom stereocenters. The van der Waals surface area contributed by atoms with Crippen LogP contribution < -0.4 is 5.32 Å². The van der Waals surface area contributed by atoms with Gasteiger partial charge in [-0.25, -0.2) is 0 Å². The average Bonchev–Trinajstić information content (AvgIpc) is 1.65. The highest BCUT2D eigenvalue weighted by Crippen LogP contribution is 1.81. The number of aliphatic hydroxyl groups is 1. The van der Waals surface area contributed by atoms with Crippen LogP contribution in [-0.2, 0) is 0 Å². The highest BCUT2D eigenvalue weighted by Gasteiger charge is 1.96. The highest BCUT2D eigenvalue weighted by atomic mass is 16.3. The lowest BCUT2D eigenvalue weighted by Crippen LogP contribution is -2.32. The van der Waals surface area contributed by atoms with Crippen molar-refractivity contribution in [3.8, 4) is 0 Å². The minimum atomic E-state index is -0.560. The van der Waals surface area contributed by atoms with E-state index in [0.29, 0.717) is 6.04 Å². The van der Waals surface area contributed by atoms with Gasteiger partial charge in [0.15, 0.2) is 0 Å². The summed E-state index contributed by atoms with van der Waals surface area (Å²) in [5.74, 6) is 0. The number of hydrogen-bond donors (Lipinski definition) is 2. The van der Waals surface area contributed by atoms with Crippen molar-refractivity contribution >= 4 is 0 Å². The van der Waals surface area contributed by atoms with E-state index in [9.17, 15) is 0 Å². The van der Waals surface area contributed by atoms with Crippen LogP contribution in [0.15, 0.2) is 12.7 Å². The van der Waals surface area contributed by atoms with Crippen molar-refractivity contribution in [1.29, 1.82) is 0 Å². The maximum atomic E-state index is 8.80. The van der Waals surface area contributed by atoms with Gasteiger partial charge in [-0.3, -0.25) is 5.32 Å². The standard InChI is InChI=1S/C6H13NO/c1-4-6(8)7-5(2)3/h4-8H,1H2,2-3H3. The molecule has 0 saturated carbocycles. The average molecular weight is 115 g/mol. The van der Waals surface area contributed by atoms with Crippen LogP contribution in [0.3, 0.4) is 0 Å². The van der Waals surface area contributed by atoms with E-state index in [4.69, 9.17) is 5.11 Å². The van der Waals surface area contributed by atoms with E-state index >= 15 is 0 Å². The van der Waals surface area contributed by atoms with Crippen molar-refractivity contribution in [1.82, 2.24) is 5.32 Å². The van der Waals surface area contributed by atoms with Crippen molar-refractivity contribution in [3.63, 3.8) is 0 Å². The van der Waals surface area contributed by atoms with Crippen LogP contribution in [0, 0.1) is 0 Å². The summed E-state index contributed by atoms with van der Waals surface area (Å²) in [6.07, 6.45) is 0.898. The second-order valence-electron chi connectivity index (χ2n) is 2.00. The summed E-state index contributed by atoms with van der Waals surface area (Å²) in [5, 5.41) is 11.6. The van der Waals surface area contributed by atoms with Crippen LogP contribution in [0.4, 0.5) is 0 Å². The maximum absolute atomic E-state index is 8.80. The topological polar surface area (TPSA) is 32.3 Å². The minimum absolute atomic E-state index is 0.308. The van der Waals surface area contributed by atoms with Gasteiger partial charge in [-0.2, -0.15) is 0 Å². The SMILES string of the molecule is C=CC(O)NC(C)C. The monoisotopic (exact) mass is 115 g/mol. The fraction of sp³-hybridized carbons (Fsp3) is 0.667. The lowest BCUT2D eigenvalue weighted by atomic mass is 10.4. The molecule has 0 aromatic heterocycles. The molecule has 0 heterocycles. The summed E-state index contributed by atoms with van der Waals surface area (Å²) in [4.78, 5) is 0. The van der Waals surface area contributed by atoms with E-state index in [-0.39, 0.29) is 0 Å². The second kappa shape index (κ2) is 3.64. The van der Waals surface area contributed by atoms with Crippen molar-refractivity contribution in [2.45, 2.75) is 26.1 Å². The van der Waals surface area contributed by atoms with Crippen molar-refractivity contribution in [2.24, 2.45) is 0 Å². The molecule has 2 heteroatoms. The molecule has 8 heavy (non-hydrogen) atoms. The van der Waals surface area contributed by atoms with E-state index in [1.165, 1.54) is 6.08 Å². The third-order valence-electron chi connectivity index (χ3n) is 0.727. The van der Waals surface area contributed by atoms with E-state index in [0.717, 1.165) is 0 Å². The van der Waals surface area contributed by atoms with Gasteiger partial charge in [0, 0.05) is 6.04 Å². The molecule has 1 atom stereocenters. The Morgan fingerprint density at radius 3 is 2.25 bits per heavy atom. The molecule has 48 valence electrons. The Morgan fingerprint density at radius 2 is 2.12 bits per heavy atom. The fourth-order valence-electron chi connectivity index (χ4n) is 0.410. The number of rotatable bonds is 3. The van der Waals surface area contributed by atoms with Crippen molar-refractivity contribution < 1.29 is 5.11 Å². The van der Waals surface area contributed by atoms with Crippen LogP contribution in [0.1, 0.15) is 13.8 Å². The lowest BCUT2D eigenvalue weighted by Gasteiger charge is -2.10. The quantitative estimate of drug-likeness (QED) is 0.414. The Labute approximate surface area is 50.2 Å². The zero-order chi connectivity index (χ0) is 6.57. The molecule has 0 aliphatic carbocycles. The van der Waals surface area contributed by atoms with Crippen LogP contribution in [0.5, 0.6) is 0 Å². The smallest absolute Gasteiger partial charge is 0.124 e. The Balaban J connectivity index is 3.23. The zero-order valence-corrected chi connectivity index (χ0v) is 5.39. The third-order valence-corrected chi connectivity index (χ3v) is 0.727. The number of hydrogen-bond acceptors (Lipinski definition) is 2. The first kappa shape index (κ1) is 7.66. The molecule has 0 aliphatic rings. The molecular formula is C6H13NO. The fourth-order valence-corrected chi connectivity index (χ4v) is 0.410. The third kappa shape index (κ3) is 3.84. The van der Waals surface area contributed by atoms with Crippen LogP contribution in [0.2, 0.25) is 0 Å². The largest absolute Gasteiger partial charge is 0.375 e. The van der Waals surface area contributed by atoms with E-state index in [1.807, 2.05) is 13.8 Å². The van der Waals surface area contributed by atoms with Gasteiger partial charge in [0.25, 0.3) is 0 Å². The Kier molecular flexibility index (Phi) is 3.48. The lowest BCUT2D eigenvalue weighted by molar-refractivity contribution is 0.174. The summed E-state index contributed by atoms with van der Waals surface area (Å²) in [6.45, 7) is 7.33. The molecule has 0 fully saturated rings. The number of nitrogens with one attached hydrogen (secondary N) is 1. The first-order chi connectivity index (χ1) is 3.66. The number of aliphatic hydroxyl groups excluding tert-OH is 1. The summed E-state index contributed by atoms with van der Waals surface area (Å²) < 4.78 is 0. The van der Waals surface area contributed by atoms with Crippen LogP contribution in [-0.4, -0.2) is 17.4 Å². The van der Waals surface area contributed by atoms with Gasteiger partial charge in [0.1, 0.15) is 6.23 Å². The van der Waals surface area contributed by atoms with E-state index in [2.05, 4.69) is 11.9 Å². The molecule has 2 nitrogen and oxygen atoms in total. The van der Waals surface area contributed by atoms with E-state index in [1.54, 1.807) is 0 Å². The summed E-state index contributed by atoms with van der Waals surface area (Å²) >= 11 is 0. The first-order valence-electron chi connectivity index (χ1n) is 2.73. The summed E-state index contributed by atoms with van der Waals surface area (Å²) in [6, 6.07) is 0.308. The minimum Gasteiger partial charge on any atom is -0.375 e. The molecule has 2 N–H and O–H groups in total. The van der Waals surface area contributed by atoms with Crippen LogP contribution >= 0.6 is 0 Å². The highest BCUT2D eigenvalue weighted by molar-refractivity contribution is 4.76. The molecule has 0 radical (unpaired) electrons. The molecule has 0 amide bonds. The first-order valence-corrected chi connectivity index (χ1v) is 2.73. The summed E-state index contributed by atoms with van der Waals surface area (Å²) in [5.41, 5.74) is 0. The predicted molar refractivity (Wildman–Crippen MR) is 34.5 cm³/mol. The molecule has 0 bridgehead atoms. The maximum Gasteiger partial charge on any atom is 0.124 e. The van der Waals surface area contributed by atoms with Gasteiger partial charge in [-0.1, -0.05) is 6.58 Å². The van der Waals surface area contributed by atoms with Gasteiger partial charge in [-0.15, -0.1) is 0 Å². The van der Waals surface area contributed by atoms with Crippen molar-refractivity contribution in [3.05, 3.63) is 12.7 Å². The normalized spacial score (nSPS) is 14.0. The van der Waals surface area contributed by atoms with Gasteiger partial charge >= 0.3 is 0 Å².